The van der Waals surface area contributed by atoms with E-state index in [0.717, 1.165) is 10.5 Å². The summed E-state index contributed by atoms with van der Waals surface area (Å²) >= 11 is 0. The lowest BCUT2D eigenvalue weighted by Crippen LogP contribution is -2.36. The molecule has 1 aromatic heterocycles. The van der Waals surface area contributed by atoms with Gasteiger partial charge in [0, 0.05) is 6.54 Å². The van der Waals surface area contributed by atoms with Crippen molar-refractivity contribution in [3.63, 3.8) is 0 Å². The first-order valence-electron chi connectivity index (χ1n) is 7.58. The first-order chi connectivity index (χ1) is 11.6. The van der Waals surface area contributed by atoms with Crippen molar-refractivity contribution in [2.24, 2.45) is 0 Å². The van der Waals surface area contributed by atoms with Gasteiger partial charge in [-0.05, 0) is 17.7 Å². The van der Waals surface area contributed by atoms with E-state index in [2.05, 4.69) is 10.6 Å². The van der Waals surface area contributed by atoms with E-state index in [0.29, 0.717) is 12.3 Å². The maximum atomic E-state index is 12.3. The van der Waals surface area contributed by atoms with Crippen molar-refractivity contribution in [1.29, 1.82) is 0 Å². The molecule has 0 aliphatic carbocycles. The molecule has 1 aliphatic heterocycles. The van der Waals surface area contributed by atoms with Crippen LogP contribution in [-0.2, 0) is 22.7 Å². The van der Waals surface area contributed by atoms with E-state index in [1.165, 1.54) is 6.26 Å². The number of benzene rings is 1. The number of amides is 4. The Morgan fingerprint density at radius 1 is 1.17 bits per heavy atom. The summed E-state index contributed by atoms with van der Waals surface area (Å²) in [7, 11) is 0. The molecular formula is C17H17N3O4. The minimum Gasteiger partial charge on any atom is -0.467 e. The summed E-state index contributed by atoms with van der Waals surface area (Å²) in [5.74, 6) is -0.212. The van der Waals surface area contributed by atoms with E-state index < -0.39 is 18.0 Å². The van der Waals surface area contributed by atoms with Gasteiger partial charge in [-0.15, -0.1) is 0 Å². The summed E-state index contributed by atoms with van der Waals surface area (Å²) in [6.07, 6.45) is 1.38. The number of rotatable bonds is 6. The van der Waals surface area contributed by atoms with Crippen molar-refractivity contribution in [3.05, 3.63) is 60.1 Å². The molecule has 7 heteroatoms. The third kappa shape index (κ3) is 3.62. The van der Waals surface area contributed by atoms with Crippen LogP contribution in [0.15, 0.2) is 53.1 Å². The Balaban J connectivity index is 1.52. The molecule has 124 valence electrons. The quantitative estimate of drug-likeness (QED) is 0.785. The van der Waals surface area contributed by atoms with Crippen molar-refractivity contribution in [3.8, 4) is 0 Å². The van der Waals surface area contributed by atoms with Crippen molar-refractivity contribution < 1.29 is 18.8 Å². The average molecular weight is 327 g/mol. The second-order valence-electron chi connectivity index (χ2n) is 5.47. The van der Waals surface area contributed by atoms with Crippen molar-refractivity contribution >= 4 is 17.8 Å². The SMILES string of the molecule is O=C(C[C@@H]1NC(=O)N(Cc2ccco2)C1=O)NCc1ccccc1. The third-order valence-electron chi connectivity index (χ3n) is 3.72. The molecule has 0 spiro atoms. The first kappa shape index (κ1) is 15.8. The predicted octanol–water partition coefficient (Wildman–Crippen LogP) is 1.41. The van der Waals surface area contributed by atoms with Crippen molar-refractivity contribution in [2.45, 2.75) is 25.6 Å². The second kappa shape index (κ2) is 6.99. The highest BCUT2D eigenvalue weighted by molar-refractivity contribution is 6.05. The molecule has 0 saturated carbocycles. The van der Waals surface area contributed by atoms with Crippen LogP contribution in [0, 0.1) is 0 Å². The summed E-state index contributed by atoms with van der Waals surface area (Å²) in [5, 5.41) is 5.27. The van der Waals surface area contributed by atoms with E-state index in [1.807, 2.05) is 30.3 Å². The lowest BCUT2D eigenvalue weighted by Gasteiger charge is -2.11. The van der Waals surface area contributed by atoms with Gasteiger partial charge >= 0.3 is 6.03 Å². The monoisotopic (exact) mass is 327 g/mol. The number of carbonyl (C=O) groups is 3. The molecule has 0 bridgehead atoms. The van der Waals surface area contributed by atoms with E-state index in [-0.39, 0.29) is 18.9 Å². The molecular weight excluding hydrogens is 310 g/mol. The van der Waals surface area contributed by atoms with Gasteiger partial charge in [0.05, 0.1) is 19.2 Å². The zero-order valence-corrected chi connectivity index (χ0v) is 12.9. The molecule has 1 fully saturated rings. The first-order valence-corrected chi connectivity index (χ1v) is 7.58. The van der Waals surface area contributed by atoms with Gasteiger partial charge in [-0.2, -0.15) is 0 Å². The maximum absolute atomic E-state index is 12.3. The van der Waals surface area contributed by atoms with Gasteiger partial charge in [0.15, 0.2) is 0 Å². The number of hydrogen-bond acceptors (Lipinski definition) is 4. The highest BCUT2D eigenvalue weighted by atomic mass is 16.3. The number of carbonyl (C=O) groups excluding carboxylic acids is 3. The van der Waals surface area contributed by atoms with Gasteiger partial charge in [0.2, 0.25) is 5.91 Å². The van der Waals surface area contributed by atoms with Crippen LogP contribution in [0.3, 0.4) is 0 Å². The van der Waals surface area contributed by atoms with E-state index in [1.54, 1.807) is 12.1 Å². The molecule has 3 rings (SSSR count). The minimum atomic E-state index is -0.844. The van der Waals surface area contributed by atoms with Crippen LogP contribution in [0.1, 0.15) is 17.7 Å². The van der Waals surface area contributed by atoms with Crippen molar-refractivity contribution in [1.82, 2.24) is 15.5 Å². The summed E-state index contributed by atoms with van der Waals surface area (Å²) in [5.41, 5.74) is 0.965. The van der Waals surface area contributed by atoms with Gasteiger partial charge in [-0.3, -0.25) is 14.5 Å². The fourth-order valence-electron chi connectivity index (χ4n) is 2.48. The maximum Gasteiger partial charge on any atom is 0.325 e. The second-order valence-corrected chi connectivity index (χ2v) is 5.47. The normalized spacial score (nSPS) is 17.0. The van der Waals surface area contributed by atoms with Crippen LogP contribution in [0.2, 0.25) is 0 Å². The molecule has 4 amide bonds. The third-order valence-corrected chi connectivity index (χ3v) is 3.72. The van der Waals surface area contributed by atoms with Crippen LogP contribution >= 0.6 is 0 Å². The number of imide groups is 1. The van der Waals surface area contributed by atoms with Crippen LogP contribution in [-0.4, -0.2) is 28.8 Å². The highest BCUT2D eigenvalue weighted by Gasteiger charge is 2.39. The number of nitrogens with one attached hydrogen (secondary N) is 2. The number of furan rings is 1. The number of nitrogens with zero attached hydrogens (tertiary/aromatic N) is 1. The fraction of sp³-hybridized carbons (Fsp3) is 0.235. The molecule has 2 heterocycles. The lowest BCUT2D eigenvalue weighted by atomic mass is 10.2. The van der Waals surface area contributed by atoms with Gasteiger partial charge in [0.1, 0.15) is 11.8 Å². The standard InChI is InChI=1S/C17H17N3O4/c21-15(18-10-12-5-2-1-3-6-12)9-14-16(22)20(17(23)19-14)11-13-7-4-8-24-13/h1-8,14H,9-11H2,(H,18,21)(H,19,23)/t14-/m0/s1. The minimum absolute atomic E-state index is 0.0554. The Hall–Kier alpha value is -3.09. The largest absolute Gasteiger partial charge is 0.467 e. The fourth-order valence-corrected chi connectivity index (χ4v) is 2.48. The van der Waals surface area contributed by atoms with E-state index in [9.17, 15) is 14.4 Å². The zero-order chi connectivity index (χ0) is 16.9. The molecule has 1 saturated heterocycles. The molecule has 0 radical (unpaired) electrons. The van der Waals surface area contributed by atoms with Gasteiger partial charge in [0.25, 0.3) is 5.91 Å². The highest BCUT2D eigenvalue weighted by Crippen LogP contribution is 2.14. The molecule has 24 heavy (non-hydrogen) atoms. The van der Waals surface area contributed by atoms with E-state index in [4.69, 9.17) is 4.42 Å². The Morgan fingerprint density at radius 3 is 2.67 bits per heavy atom. The Morgan fingerprint density at radius 2 is 1.96 bits per heavy atom. The summed E-state index contributed by atoms with van der Waals surface area (Å²) in [4.78, 5) is 37.2. The molecule has 0 unspecified atom stereocenters. The van der Waals surface area contributed by atoms with Crippen LogP contribution < -0.4 is 10.6 Å². The Labute approximate surface area is 138 Å². The molecule has 2 N–H and O–H groups in total. The average Bonchev–Trinajstić information content (AvgIpc) is 3.18. The van der Waals surface area contributed by atoms with Gasteiger partial charge in [-0.1, -0.05) is 30.3 Å². The van der Waals surface area contributed by atoms with Crippen LogP contribution in [0.4, 0.5) is 4.79 Å². The van der Waals surface area contributed by atoms with Crippen LogP contribution in [0.5, 0.6) is 0 Å². The Bertz CT molecular complexity index is 728. The lowest BCUT2D eigenvalue weighted by molar-refractivity contribution is -0.131. The van der Waals surface area contributed by atoms with Crippen molar-refractivity contribution in [2.75, 3.05) is 0 Å². The van der Waals surface area contributed by atoms with Gasteiger partial charge < -0.3 is 15.1 Å². The zero-order valence-electron chi connectivity index (χ0n) is 12.9. The molecule has 1 aromatic carbocycles. The molecule has 1 aliphatic rings. The summed E-state index contributed by atoms with van der Waals surface area (Å²) in [6.45, 7) is 0.435. The van der Waals surface area contributed by atoms with Crippen LogP contribution in [0.25, 0.3) is 0 Å². The predicted molar refractivity (Wildman–Crippen MR) is 84.5 cm³/mol. The number of hydrogen-bond donors (Lipinski definition) is 2. The smallest absolute Gasteiger partial charge is 0.325 e. The molecule has 7 nitrogen and oxygen atoms in total. The van der Waals surface area contributed by atoms with E-state index >= 15 is 0 Å². The molecule has 2 aromatic rings. The Kier molecular flexibility index (Phi) is 4.60. The topological polar surface area (TPSA) is 91.7 Å². The summed E-state index contributed by atoms with van der Waals surface area (Å²) < 4.78 is 5.14. The molecule has 1 atom stereocenters. The van der Waals surface area contributed by atoms with Gasteiger partial charge in [-0.25, -0.2) is 4.79 Å². The summed E-state index contributed by atoms with van der Waals surface area (Å²) in [6, 6.07) is 11.5. The number of urea groups is 1.